The van der Waals surface area contributed by atoms with Gasteiger partial charge in [-0.05, 0) is 19.8 Å². The molecule has 2 aliphatic rings. The number of hydrogen-bond acceptors (Lipinski definition) is 2. The van der Waals surface area contributed by atoms with Crippen molar-refractivity contribution in [2.75, 3.05) is 19.8 Å². The Morgan fingerprint density at radius 1 is 1.58 bits per heavy atom. The van der Waals surface area contributed by atoms with E-state index in [1.165, 1.54) is 0 Å². The molecule has 2 saturated heterocycles. The van der Waals surface area contributed by atoms with Crippen molar-refractivity contribution in [3.05, 3.63) is 0 Å². The SMILES string of the molecule is CC1(N2CCCC2=N)CCOC1. The number of ether oxygens (including phenoxy) is 1. The van der Waals surface area contributed by atoms with Crippen LogP contribution in [-0.4, -0.2) is 36.0 Å². The summed E-state index contributed by atoms with van der Waals surface area (Å²) >= 11 is 0. The number of amidine groups is 1. The molecule has 12 heavy (non-hydrogen) atoms. The van der Waals surface area contributed by atoms with Crippen LogP contribution in [0.3, 0.4) is 0 Å². The van der Waals surface area contributed by atoms with E-state index in [-0.39, 0.29) is 5.54 Å². The van der Waals surface area contributed by atoms with Gasteiger partial charge in [0.2, 0.25) is 0 Å². The highest BCUT2D eigenvalue weighted by molar-refractivity contribution is 5.81. The average molecular weight is 168 g/mol. The summed E-state index contributed by atoms with van der Waals surface area (Å²) < 4.78 is 5.38. The zero-order chi connectivity index (χ0) is 8.60. The van der Waals surface area contributed by atoms with E-state index in [9.17, 15) is 0 Å². The van der Waals surface area contributed by atoms with Gasteiger partial charge < -0.3 is 9.64 Å². The lowest BCUT2D eigenvalue weighted by atomic mass is 10.00. The van der Waals surface area contributed by atoms with Crippen LogP contribution >= 0.6 is 0 Å². The molecule has 0 aromatic carbocycles. The van der Waals surface area contributed by atoms with Crippen LogP contribution in [0.4, 0.5) is 0 Å². The summed E-state index contributed by atoms with van der Waals surface area (Å²) in [5.74, 6) is 0.808. The second kappa shape index (κ2) is 2.73. The number of nitrogens with zero attached hydrogens (tertiary/aromatic N) is 1. The average Bonchev–Trinajstić information content (AvgIpc) is 2.59. The van der Waals surface area contributed by atoms with Crippen molar-refractivity contribution < 1.29 is 4.74 Å². The second-order valence-electron chi connectivity index (χ2n) is 4.00. The molecule has 1 atom stereocenters. The Morgan fingerprint density at radius 2 is 2.42 bits per heavy atom. The maximum absolute atomic E-state index is 7.77. The molecule has 1 unspecified atom stereocenters. The first-order valence-electron chi connectivity index (χ1n) is 4.65. The summed E-state index contributed by atoms with van der Waals surface area (Å²) in [7, 11) is 0. The summed E-state index contributed by atoms with van der Waals surface area (Å²) in [6, 6.07) is 0. The molecule has 0 saturated carbocycles. The van der Waals surface area contributed by atoms with Crippen LogP contribution in [0, 0.1) is 5.41 Å². The van der Waals surface area contributed by atoms with Gasteiger partial charge in [-0.15, -0.1) is 0 Å². The smallest absolute Gasteiger partial charge is 0.0963 e. The topological polar surface area (TPSA) is 36.3 Å². The van der Waals surface area contributed by atoms with Gasteiger partial charge in [-0.25, -0.2) is 0 Å². The third-order valence-corrected chi connectivity index (χ3v) is 2.97. The fraction of sp³-hybridized carbons (Fsp3) is 0.889. The number of rotatable bonds is 1. The molecule has 0 aromatic heterocycles. The summed E-state index contributed by atoms with van der Waals surface area (Å²) in [6.07, 6.45) is 3.18. The van der Waals surface area contributed by atoms with Crippen molar-refractivity contribution in [2.45, 2.75) is 31.7 Å². The molecule has 3 nitrogen and oxygen atoms in total. The lowest BCUT2D eigenvalue weighted by Crippen LogP contribution is -2.47. The molecule has 2 rings (SSSR count). The Labute approximate surface area is 73.2 Å². The maximum atomic E-state index is 7.77. The molecule has 2 fully saturated rings. The largest absolute Gasteiger partial charge is 0.379 e. The standard InChI is InChI=1S/C9H16N2O/c1-9(4-6-12-7-9)11-5-2-3-8(11)10/h10H,2-7H2,1H3. The quantitative estimate of drug-likeness (QED) is 0.639. The first-order valence-corrected chi connectivity index (χ1v) is 4.65. The van der Waals surface area contributed by atoms with Crippen molar-refractivity contribution in [1.29, 1.82) is 5.41 Å². The molecule has 3 heteroatoms. The van der Waals surface area contributed by atoms with Gasteiger partial charge in [-0.2, -0.15) is 0 Å². The molecule has 1 N–H and O–H groups in total. The molecule has 0 radical (unpaired) electrons. The number of nitrogens with one attached hydrogen (secondary N) is 1. The van der Waals surface area contributed by atoms with Crippen molar-refractivity contribution in [3.63, 3.8) is 0 Å². The molecule has 2 aliphatic heterocycles. The van der Waals surface area contributed by atoms with E-state index in [2.05, 4.69) is 11.8 Å². The van der Waals surface area contributed by atoms with Gasteiger partial charge >= 0.3 is 0 Å². The van der Waals surface area contributed by atoms with Gasteiger partial charge in [-0.3, -0.25) is 5.41 Å². The van der Waals surface area contributed by atoms with Crippen molar-refractivity contribution in [2.24, 2.45) is 0 Å². The fourth-order valence-electron chi connectivity index (χ4n) is 2.14. The molecule has 0 aromatic rings. The zero-order valence-electron chi connectivity index (χ0n) is 7.60. The Kier molecular flexibility index (Phi) is 1.83. The van der Waals surface area contributed by atoms with E-state index in [1.807, 2.05) is 0 Å². The van der Waals surface area contributed by atoms with Gasteiger partial charge in [-0.1, -0.05) is 0 Å². The van der Waals surface area contributed by atoms with Gasteiger partial charge in [0.1, 0.15) is 0 Å². The molecular weight excluding hydrogens is 152 g/mol. The number of hydrogen-bond donors (Lipinski definition) is 1. The minimum Gasteiger partial charge on any atom is -0.379 e. The van der Waals surface area contributed by atoms with Crippen molar-refractivity contribution in [1.82, 2.24) is 4.90 Å². The van der Waals surface area contributed by atoms with Crippen LogP contribution in [0.2, 0.25) is 0 Å². The zero-order valence-corrected chi connectivity index (χ0v) is 7.60. The molecular formula is C9H16N2O. The minimum atomic E-state index is 0.133. The highest BCUT2D eigenvalue weighted by Gasteiger charge is 2.38. The van der Waals surface area contributed by atoms with Crippen LogP contribution in [0.15, 0.2) is 0 Å². The normalized spacial score (nSPS) is 36.4. The van der Waals surface area contributed by atoms with Crippen molar-refractivity contribution >= 4 is 5.84 Å². The lowest BCUT2D eigenvalue weighted by Gasteiger charge is -2.35. The van der Waals surface area contributed by atoms with Gasteiger partial charge in [0, 0.05) is 19.6 Å². The van der Waals surface area contributed by atoms with Crippen LogP contribution in [0.25, 0.3) is 0 Å². The van der Waals surface area contributed by atoms with Gasteiger partial charge in [0.15, 0.2) is 0 Å². The Balaban J connectivity index is 2.11. The maximum Gasteiger partial charge on any atom is 0.0963 e. The van der Waals surface area contributed by atoms with Gasteiger partial charge in [0.05, 0.1) is 18.0 Å². The summed E-state index contributed by atoms with van der Waals surface area (Å²) in [4.78, 5) is 2.22. The third kappa shape index (κ3) is 1.12. The van der Waals surface area contributed by atoms with E-state index < -0.39 is 0 Å². The first kappa shape index (κ1) is 8.05. The Bertz CT molecular complexity index is 197. The monoisotopic (exact) mass is 168 g/mol. The molecule has 2 heterocycles. The highest BCUT2D eigenvalue weighted by atomic mass is 16.5. The predicted octanol–water partition coefficient (Wildman–Crippen LogP) is 1.24. The fourth-order valence-corrected chi connectivity index (χ4v) is 2.14. The number of likely N-dealkylation sites (tertiary alicyclic amines) is 1. The summed E-state index contributed by atoms with van der Waals surface area (Å²) in [5, 5.41) is 7.77. The molecule has 68 valence electrons. The van der Waals surface area contributed by atoms with Crippen LogP contribution < -0.4 is 0 Å². The first-order chi connectivity index (χ1) is 5.72. The molecule has 0 aliphatic carbocycles. The lowest BCUT2D eigenvalue weighted by molar-refractivity contribution is 0.135. The second-order valence-corrected chi connectivity index (χ2v) is 4.00. The predicted molar refractivity (Wildman–Crippen MR) is 47.5 cm³/mol. The van der Waals surface area contributed by atoms with E-state index in [0.29, 0.717) is 0 Å². The summed E-state index contributed by atoms with van der Waals surface area (Å²) in [5.41, 5.74) is 0.133. The third-order valence-electron chi connectivity index (χ3n) is 2.97. The molecule has 0 spiro atoms. The molecule has 0 bridgehead atoms. The van der Waals surface area contributed by atoms with Gasteiger partial charge in [0.25, 0.3) is 0 Å². The minimum absolute atomic E-state index is 0.133. The van der Waals surface area contributed by atoms with E-state index in [1.54, 1.807) is 0 Å². The summed E-state index contributed by atoms with van der Waals surface area (Å²) in [6.45, 7) is 4.92. The van der Waals surface area contributed by atoms with E-state index >= 15 is 0 Å². The van der Waals surface area contributed by atoms with Crippen LogP contribution in [0.5, 0.6) is 0 Å². The molecule has 0 amide bonds. The van der Waals surface area contributed by atoms with Crippen LogP contribution in [-0.2, 0) is 4.74 Å². The van der Waals surface area contributed by atoms with Crippen LogP contribution in [0.1, 0.15) is 26.2 Å². The van der Waals surface area contributed by atoms with Crippen molar-refractivity contribution in [3.8, 4) is 0 Å². The van der Waals surface area contributed by atoms with E-state index in [0.717, 1.165) is 44.9 Å². The van der Waals surface area contributed by atoms with E-state index in [4.69, 9.17) is 10.1 Å². The Hall–Kier alpha value is -0.570. The highest BCUT2D eigenvalue weighted by Crippen LogP contribution is 2.29. The Morgan fingerprint density at radius 3 is 2.92 bits per heavy atom.